The van der Waals surface area contributed by atoms with Crippen molar-refractivity contribution in [1.29, 1.82) is 0 Å². The summed E-state index contributed by atoms with van der Waals surface area (Å²) in [6.45, 7) is 2.42. The van der Waals surface area contributed by atoms with Gasteiger partial charge in [0.15, 0.2) is 0 Å². The number of aromatic carboxylic acids is 1. The highest BCUT2D eigenvalue weighted by molar-refractivity contribution is 5.91. The summed E-state index contributed by atoms with van der Waals surface area (Å²) < 4.78 is 18.9. The summed E-state index contributed by atoms with van der Waals surface area (Å²) in [5.41, 5.74) is -0.245. The van der Waals surface area contributed by atoms with Gasteiger partial charge in [0.1, 0.15) is 5.82 Å². The minimum absolute atomic E-state index is 0.0703. The van der Waals surface area contributed by atoms with Crippen molar-refractivity contribution in [2.75, 3.05) is 11.9 Å². The van der Waals surface area contributed by atoms with Crippen molar-refractivity contribution in [3.05, 3.63) is 29.6 Å². The lowest BCUT2D eigenvalue weighted by Crippen LogP contribution is -2.41. The number of carboxylic acid groups (broad SMARTS) is 1. The maximum atomic E-state index is 13.6. The van der Waals surface area contributed by atoms with Gasteiger partial charge in [-0.3, -0.25) is 0 Å². The van der Waals surface area contributed by atoms with Gasteiger partial charge in [-0.15, -0.1) is 0 Å². The van der Waals surface area contributed by atoms with E-state index in [1.807, 2.05) is 6.92 Å². The number of amides is 2. The number of nitrogens with one attached hydrogen (secondary N) is 2. The van der Waals surface area contributed by atoms with Crippen molar-refractivity contribution < 1.29 is 23.8 Å². The largest absolute Gasteiger partial charge is 0.478 e. The lowest BCUT2D eigenvalue weighted by molar-refractivity contribution is 0.0696. The summed E-state index contributed by atoms with van der Waals surface area (Å²) in [7, 11) is 0. The number of rotatable bonds is 3. The Morgan fingerprint density at radius 2 is 2.20 bits per heavy atom. The van der Waals surface area contributed by atoms with Crippen molar-refractivity contribution in [1.82, 2.24) is 5.32 Å². The number of benzene rings is 1. The summed E-state index contributed by atoms with van der Waals surface area (Å²) in [4.78, 5) is 22.4. The molecule has 0 aromatic heterocycles. The smallest absolute Gasteiger partial charge is 0.335 e. The van der Waals surface area contributed by atoms with E-state index in [0.717, 1.165) is 6.07 Å². The van der Waals surface area contributed by atoms with E-state index in [4.69, 9.17) is 9.84 Å². The quantitative estimate of drug-likeness (QED) is 0.789. The molecule has 1 aromatic carbocycles. The van der Waals surface area contributed by atoms with Gasteiger partial charge in [0.2, 0.25) is 0 Å². The lowest BCUT2D eigenvalue weighted by Gasteiger charge is -2.16. The predicted octanol–water partition coefficient (Wildman–Crippen LogP) is 1.82. The number of anilines is 1. The molecule has 0 spiro atoms. The normalized spacial score (nSPS) is 21.5. The number of carboxylic acids is 1. The number of urea groups is 1. The molecule has 2 atom stereocenters. The van der Waals surface area contributed by atoms with Crippen molar-refractivity contribution in [3.8, 4) is 0 Å². The third-order valence-electron chi connectivity index (χ3n) is 3.16. The molecule has 7 heteroatoms. The van der Waals surface area contributed by atoms with Crippen LogP contribution >= 0.6 is 0 Å². The van der Waals surface area contributed by atoms with Crippen LogP contribution in [0.2, 0.25) is 0 Å². The maximum absolute atomic E-state index is 13.6. The highest BCUT2D eigenvalue weighted by Crippen LogP contribution is 2.17. The fourth-order valence-corrected chi connectivity index (χ4v) is 2.00. The van der Waals surface area contributed by atoms with Crippen LogP contribution in [-0.2, 0) is 4.74 Å². The van der Waals surface area contributed by atoms with E-state index in [1.54, 1.807) is 0 Å². The van der Waals surface area contributed by atoms with Crippen LogP contribution in [0.25, 0.3) is 0 Å². The minimum Gasteiger partial charge on any atom is -0.478 e. The van der Waals surface area contributed by atoms with Crippen LogP contribution in [0.4, 0.5) is 14.9 Å². The van der Waals surface area contributed by atoms with Crippen LogP contribution in [-0.4, -0.2) is 35.9 Å². The Morgan fingerprint density at radius 1 is 1.45 bits per heavy atom. The molecule has 0 bridgehead atoms. The molecule has 20 heavy (non-hydrogen) atoms. The van der Waals surface area contributed by atoms with Crippen molar-refractivity contribution in [2.24, 2.45) is 0 Å². The zero-order chi connectivity index (χ0) is 14.7. The topological polar surface area (TPSA) is 87.7 Å². The number of carbonyl (C=O) groups is 2. The standard InChI is InChI=1S/C13H15FN2O4/c1-7-10(4-5-20-7)15-13(19)16-11-3-2-8(12(17)18)6-9(11)14/h2-3,6-7,10H,4-5H2,1H3,(H,17,18)(H2,15,16,19). The lowest BCUT2D eigenvalue weighted by atomic mass is 10.1. The highest BCUT2D eigenvalue weighted by Gasteiger charge is 2.25. The molecule has 0 aliphatic carbocycles. The molecule has 1 saturated heterocycles. The van der Waals surface area contributed by atoms with Gasteiger partial charge in [0, 0.05) is 6.61 Å². The Bertz CT molecular complexity index is 535. The molecule has 1 fully saturated rings. The van der Waals surface area contributed by atoms with E-state index >= 15 is 0 Å². The van der Waals surface area contributed by atoms with Gasteiger partial charge < -0.3 is 20.5 Å². The number of halogens is 1. The van der Waals surface area contributed by atoms with Gasteiger partial charge in [-0.05, 0) is 31.5 Å². The fourth-order valence-electron chi connectivity index (χ4n) is 2.00. The minimum atomic E-state index is -1.23. The van der Waals surface area contributed by atoms with E-state index in [2.05, 4.69) is 10.6 Å². The van der Waals surface area contributed by atoms with E-state index in [9.17, 15) is 14.0 Å². The van der Waals surface area contributed by atoms with E-state index in [0.29, 0.717) is 13.0 Å². The predicted molar refractivity (Wildman–Crippen MR) is 69.3 cm³/mol. The molecule has 1 aliphatic rings. The zero-order valence-electron chi connectivity index (χ0n) is 10.9. The van der Waals surface area contributed by atoms with E-state index in [1.165, 1.54) is 12.1 Å². The Balaban J connectivity index is 1.99. The second-order valence-electron chi connectivity index (χ2n) is 4.57. The zero-order valence-corrected chi connectivity index (χ0v) is 10.9. The fraction of sp³-hybridized carbons (Fsp3) is 0.385. The number of ether oxygens (including phenoxy) is 1. The number of hydrogen-bond donors (Lipinski definition) is 3. The second-order valence-corrected chi connectivity index (χ2v) is 4.57. The first-order valence-corrected chi connectivity index (χ1v) is 6.19. The first-order chi connectivity index (χ1) is 9.47. The van der Waals surface area contributed by atoms with Gasteiger partial charge in [-0.25, -0.2) is 14.0 Å². The van der Waals surface area contributed by atoms with Crippen LogP contribution in [0.5, 0.6) is 0 Å². The SMILES string of the molecule is CC1OCCC1NC(=O)Nc1ccc(C(=O)O)cc1F. The second kappa shape index (κ2) is 5.87. The van der Waals surface area contributed by atoms with Gasteiger partial charge >= 0.3 is 12.0 Å². The van der Waals surface area contributed by atoms with Gasteiger partial charge in [0.25, 0.3) is 0 Å². The Morgan fingerprint density at radius 3 is 2.75 bits per heavy atom. The molecule has 1 heterocycles. The average Bonchev–Trinajstić information content (AvgIpc) is 2.77. The third kappa shape index (κ3) is 3.24. The molecule has 2 rings (SSSR count). The summed E-state index contributed by atoms with van der Waals surface area (Å²) >= 11 is 0. The molecule has 1 aliphatic heterocycles. The van der Waals surface area contributed by atoms with Crippen LogP contribution < -0.4 is 10.6 Å². The molecule has 0 radical (unpaired) electrons. The molecule has 1 aromatic rings. The average molecular weight is 282 g/mol. The molecular formula is C13H15FN2O4. The number of carbonyl (C=O) groups excluding carboxylic acids is 1. The van der Waals surface area contributed by atoms with Gasteiger partial charge in [0.05, 0.1) is 23.4 Å². The summed E-state index contributed by atoms with van der Waals surface area (Å²) in [5.74, 6) is -2.02. The van der Waals surface area contributed by atoms with Crippen LogP contribution in [0.1, 0.15) is 23.7 Å². The first kappa shape index (κ1) is 14.3. The van der Waals surface area contributed by atoms with E-state index < -0.39 is 17.8 Å². The maximum Gasteiger partial charge on any atom is 0.335 e. The van der Waals surface area contributed by atoms with Crippen LogP contribution in [0.3, 0.4) is 0 Å². The number of hydrogen-bond acceptors (Lipinski definition) is 3. The van der Waals surface area contributed by atoms with Gasteiger partial charge in [-0.2, -0.15) is 0 Å². The molecule has 108 valence electrons. The molecule has 2 amide bonds. The Hall–Kier alpha value is -2.15. The van der Waals surface area contributed by atoms with Gasteiger partial charge in [-0.1, -0.05) is 0 Å². The summed E-state index contributed by atoms with van der Waals surface area (Å²) in [5, 5.41) is 13.8. The third-order valence-corrected chi connectivity index (χ3v) is 3.16. The first-order valence-electron chi connectivity index (χ1n) is 6.19. The molecule has 3 N–H and O–H groups in total. The van der Waals surface area contributed by atoms with Crippen molar-refractivity contribution in [3.63, 3.8) is 0 Å². The summed E-state index contributed by atoms with van der Waals surface area (Å²) in [6.07, 6.45) is 0.620. The monoisotopic (exact) mass is 282 g/mol. The molecule has 2 unspecified atom stereocenters. The van der Waals surface area contributed by atoms with Crippen LogP contribution in [0.15, 0.2) is 18.2 Å². The summed E-state index contributed by atoms with van der Waals surface area (Å²) in [6, 6.07) is 2.64. The Labute approximate surface area is 114 Å². The van der Waals surface area contributed by atoms with Crippen molar-refractivity contribution in [2.45, 2.75) is 25.5 Å². The molecular weight excluding hydrogens is 267 g/mol. The molecule has 0 saturated carbocycles. The van der Waals surface area contributed by atoms with Crippen LogP contribution in [0, 0.1) is 5.82 Å². The highest BCUT2D eigenvalue weighted by atomic mass is 19.1. The molecule has 6 nitrogen and oxygen atoms in total. The Kier molecular flexibility index (Phi) is 4.19. The van der Waals surface area contributed by atoms with Crippen molar-refractivity contribution >= 4 is 17.7 Å². The van der Waals surface area contributed by atoms with E-state index in [-0.39, 0.29) is 23.4 Å².